The number of carbonyl (C=O) groups is 2. The molecule has 0 atom stereocenters. The third-order valence-electron chi connectivity index (χ3n) is 5.54. The molecule has 0 spiro atoms. The lowest BCUT2D eigenvalue weighted by atomic mass is 10.1. The fourth-order valence-corrected chi connectivity index (χ4v) is 3.55. The van der Waals surface area contributed by atoms with Gasteiger partial charge in [0.25, 0.3) is 0 Å². The van der Waals surface area contributed by atoms with Gasteiger partial charge in [-0.25, -0.2) is 4.98 Å². The van der Waals surface area contributed by atoms with E-state index in [2.05, 4.69) is 11.9 Å². The van der Waals surface area contributed by atoms with Gasteiger partial charge in [-0.05, 0) is 38.8 Å². The Labute approximate surface area is 188 Å². The molecule has 0 unspecified atom stereocenters. The molecule has 3 aromatic rings. The van der Waals surface area contributed by atoms with Crippen LogP contribution in [0.15, 0.2) is 67.4 Å². The second-order valence-electron chi connectivity index (χ2n) is 8.35. The van der Waals surface area contributed by atoms with Crippen molar-refractivity contribution in [3.8, 4) is 16.9 Å². The molecule has 0 radical (unpaired) electrons. The molecule has 1 saturated carbocycles. The second kappa shape index (κ2) is 9.22. The summed E-state index contributed by atoms with van der Waals surface area (Å²) in [7, 11) is 0. The molecule has 6 heteroatoms. The van der Waals surface area contributed by atoms with Crippen LogP contribution in [-0.4, -0.2) is 39.4 Å². The number of rotatable bonds is 8. The Kier molecular flexibility index (Phi) is 6.21. The maximum Gasteiger partial charge on any atom is 0.246 e. The van der Waals surface area contributed by atoms with E-state index in [1.807, 2.05) is 73.1 Å². The molecule has 0 aliphatic heterocycles. The van der Waals surface area contributed by atoms with Crippen molar-refractivity contribution in [1.29, 1.82) is 0 Å². The Hall–Kier alpha value is -3.67. The minimum Gasteiger partial charge on any atom is -0.329 e. The van der Waals surface area contributed by atoms with Crippen LogP contribution in [-0.2, 0) is 9.59 Å². The molecule has 1 N–H and O–H groups in total. The summed E-state index contributed by atoms with van der Waals surface area (Å²) in [4.78, 5) is 31.6. The topological polar surface area (TPSA) is 67.2 Å². The minimum atomic E-state index is -0.282. The van der Waals surface area contributed by atoms with Crippen LogP contribution in [0.4, 0.5) is 5.95 Å². The largest absolute Gasteiger partial charge is 0.329 e. The number of aryl methyl sites for hydroxylation is 2. The van der Waals surface area contributed by atoms with Crippen LogP contribution >= 0.6 is 0 Å². The molecule has 6 nitrogen and oxygen atoms in total. The number of carbonyl (C=O) groups excluding carboxylic acids is 2. The summed E-state index contributed by atoms with van der Waals surface area (Å²) in [5, 5.41) is 2.91. The van der Waals surface area contributed by atoms with Gasteiger partial charge in [-0.3, -0.25) is 19.5 Å². The van der Waals surface area contributed by atoms with Crippen LogP contribution in [0.5, 0.6) is 0 Å². The molecule has 4 rings (SSSR count). The first kappa shape index (κ1) is 21.6. The maximum atomic E-state index is 12.9. The highest BCUT2D eigenvalue weighted by atomic mass is 16.2. The molecule has 32 heavy (non-hydrogen) atoms. The van der Waals surface area contributed by atoms with E-state index in [-0.39, 0.29) is 24.3 Å². The van der Waals surface area contributed by atoms with Gasteiger partial charge in [0.05, 0.1) is 5.69 Å². The molecule has 0 saturated heterocycles. The SMILES string of the molecule is C=CCN(CC(=O)Nc1nc(-c2ccc(C)cc2)cn1-c1ccc(C)cc1)C(=O)C1CC1. The van der Waals surface area contributed by atoms with Crippen molar-refractivity contribution in [2.75, 3.05) is 18.4 Å². The first-order valence-electron chi connectivity index (χ1n) is 10.9. The molecule has 1 aliphatic carbocycles. The standard InChI is InChI=1S/C26H28N4O2/c1-4-15-29(25(32)21-11-12-21)17-24(31)28-26-27-23(20-9-5-18(2)6-10-20)16-30(26)22-13-7-19(3)8-14-22/h4-10,13-14,16,21H,1,11-12,15,17H2,2-3H3,(H,27,28,31). The average Bonchev–Trinajstić information content (AvgIpc) is 3.55. The molecular formula is C26H28N4O2. The fraction of sp³-hybridized carbons (Fsp3) is 0.269. The van der Waals surface area contributed by atoms with E-state index < -0.39 is 0 Å². The zero-order chi connectivity index (χ0) is 22.7. The summed E-state index contributed by atoms with van der Waals surface area (Å²) in [6.45, 7) is 8.11. The van der Waals surface area contributed by atoms with Crippen molar-refractivity contribution in [1.82, 2.24) is 14.5 Å². The van der Waals surface area contributed by atoms with Gasteiger partial charge in [-0.15, -0.1) is 6.58 Å². The van der Waals surface area contributed by atoms with E-state index in [0.29, 0.717) is 12.5 Å². The van der Waals surface area contributed by atoms with Crippen LogP contribution in [0.3, 0.4) is 0 Å². The van der Waals surface area contributed by atoms with Gasteiger partial charge in [0, 0.05) is 29.9 Å². The second-order valence-corrected chi connectivity index (χ2v) is 8.35. The molecule has 2 aromatic carbocycles. The van der Waals surface area contributed by atoms with Crippen molar-refractivity contribution in [2.24, 2.45) is 5.92 Å². The van der Waals surface area contributed by atoms with Gasteiger partial charge in [0.15, 0.2) is 0 Å². The third kappa shape index (κ3) is 4.97. The zero-order valence-electron chi connectivity index (χ0n) is 18.5. The third-order valence-corrected chi connectivity index (χ3v) is 5.54. The number of benzene rings is 2. The minimum absolute atomic E-state index is 0.0160. The van der Waals surface area contributed by atoms with E-state index in [9.17, 15) is 9.59 Å². The lowest BCUT2D eigenvalue weighted by Crippen LogP contribution is -2.39. The molecular weight excluding hydrogens is 400 g/mol. The molecule has 2 amide bonds. The van der Waals surface area contributed by atoms with Crippen LogP contribution < -0.4 is 5.32 Å². The Morgan fingerprint density at radius 1 is 1.09 bits per heavy atom. The number of hydrogen-bond acceptors (Lipinski definition) is 3. The van der Waals surface area contributed by atoms with Crippen molar-refractivity contribution < 1.29 is 9.59 Å². The van der Waals surface area contributed by atoms with E-state index in [4.69, 9.17) is 4.98 Å². The van der Waals surface area contributed by atoms with Crippen molar-refractivity contribution in [2.45, 2.75) is 26.7 Å². The zero-order valence-corrected chi connectivity index (χ0v) is 18.5. The first-order chi connectivity index (χ1) is 15.4. The summed E-state index contributed by atoms with van der Waals surface area (Å²) in [6, 6.07) is 16.1. The summed E-state index contributed by atoms with van der Waals surface area (Å²) >= 11 is 0. The van der Waals surface area contributed by atoms with E-state index in [0.717, 1.165) is 35.3 Å². The van der Waals surface area contributed by atoms with Gasteiger partial charge in [-0.2, -0.15) is 0 Å². The number of aromatic nitrogens is 2. The summed E-state index contributed by atoms with van der Waals surface area (Å²) < 4.78 is 1.87. The highest BCUT2D eigenvalue weighted by Gasteiger charge is 2.33. The van der Waals surface area contributed by atoms with Crippen molar-refractivity contribution in [3.05, 3.63) is 78.5 Å². The summed E-state index contributed by atoms with van der Waals surface area (Å²) in [5.41, 5.74) is 4.94. The van der Waals surface area contributed by atoms with Gasteiger partial charge >= 0.3 is 0 Å². The Morgan fingerprint density at radius 2 is 1.72 bits per heavy atom. The fourth-order valence-electron chi connectivity index (χ4n) is 3.55. The van der Waals surface area contributed by atoms with Crippen molar-refractivity contribution in [3.63, 3.8) is 0 Å². The quantitative estimate of drug-likeness (QED) is 0.537. The molecule has 1 fully saturated rings. The number of nitrogens with one attached hydrogen (secondary N) is 1. The van der Waals surface area contributed by atoms with Gasteiger partial charge in [-0.1, -0.05) is 53.6 Å². The van der Waals surface area contributed by atoms with E-state index >= 15 is 0 Å². The molecule has 1 aliphatic rings. The number of amides is 2. The lowest BCUT2D eigenvalue weighted by molar-refractivity contribution is -0.135. The Morgan fingerprint density at radius 3 is 2.31 bits per heavy atom. The molecule has 1 aromatic heterocycles. The monoisotopic (exact) mass is 428 g/mol. The Balaban J connectivity index is 1.61. The summed E-state index contributed by atoms with van der Waals surface area (Å²) in [6.07, 6.45) is 5.36. The molecule has 0 bridgehead atoms. The van der Waals surface area contributed by atoms with Gasteiger partial charge < -0.3 is 4.90 Å². The predicted octanol–water partition coefficient (Wildman–Crippen LogP) is 4.52. The number of imidazole rings is 1. The normalized spacial score (nSPS) is 12.9. The van der Waals surface area contributed by atoms with Crippen molar-refractivity contribution >= 4 is 17.8 Å². The highest BCUT2D eigenvalue weighted by Crippen LogP contribution is 2.31. The number of anilines is 1. The Bertz CT molecular complexity index is 1130. The van der Waals surface area contributed by atoms with E-state index in [1.165, 1.54) is 5.56 Å². The van der Waals surface area contributed by atoms with Crippen LogP contribution in [0, 0.1) is 19.8 Å². The van der Waals surface area contributed by atoms with E-state index in [1.54, 1.807) is 11.0 Å². The highest BCUT2D eigenvalue weighted by molar-refractivity contribution is 5.94. The molecule has 1 heterocycles. The smallest absolute Gasteiger partial charge is 0.246 e. The predicted molar refractivity (Wildman–Crippen MR) is 127 cm³/mol. The number of nitrogens with zero attached hydrogens (tertiary/aromatic N) is 3. The number of hydrogen-bond donors (Lipinski definition) is 1. The van der Waals surface area contributed by atoms with Crippen LogP contribution in [0.25, 0.3) is 16.9 Å². The van der Waals surface area contributed by atoms with Gasteiger partial charge in [0.2, 0.25) is 17.8 Å². The van der Waals surface area contributed by atoms with Gasteiger partial charge in [0.1, 0.15) is 6.54 Å². The first-order valence-corrected chi connectivity index (χ1v) is 10.9. The van der Waals surface area contributed by atoms with Crippen LogP contribution in [0.1, 0.15) is 24.0 Å². The summed E-state index contributed by atoms with van der Waals surface area (Å²) in [5.74, 6) is 0.204. The average molecular weight is 429 g/mol. The molecule has 164 valence electrons. The van der Waals surface area contributed by atoms with Crippen LogP contribution in [0.2, 0.25) is 0 Å². The lowest BCUT2D eigenvalue weighted by Gasteiger charge is -2.20. The maximum absolute atomic E-state index is 12.9.